The van der Waals surface area contributed by atoms with Gasteiger partial charge in [0.25, 0.3) is 0 Å². The lowest BCUT2D eigenvalue weighted by molar-refractivity contribution is 0.0195. The Hall–Kier alpha value is -0.120. The van der Waals surface area contributed by atoms with Crippen molar-refractivity contribution in [1.29, 1.82) is 0 Å². The molecule has 0 N–H and O–H groups in total. The highest BCUT2D eigenvalue weighted by molar-refractivity contribution is 4.55. The molecule has 0 spiro atoms. The van der Waals surface area contributed by atoms with Crippen molar-refractivity contribution in [3.05, 3.63) is 0 Å². The van der Waals surface area contributed by atoms with Gasteiger partial charge in [0.15, 0.2) is 0 Å². The van der Waals surface area contributed by atoms with Crippen molar-refractivity contribution >= 4 is 0 Å². The number of hydrogen-bond acceptors (Lipinski definition) is 3. The Kier molecular flexibility index (Phi) is 8.14. The lowest BCUT2D eigenvalue weighted by atomic mass is 10.4. The summed E-state index contributed by atoms with van der Waals surface area (Å²) >= 11 is 0. The zero-order chi connectivity index (χ0) is 11.0. The van der Waals surface area contributed by atoms with Gasteiger partial charge in [0.05, 0.1) is 0 Å². The molecule has 0 saturated carbocycles. The minimum Gasteiger partial charge on any atom is -0.303 e. The molecule has 0 aromatic carbocycles. The van der Waals surface area contributed by atoms with E-state index in [1.807, 2.05) is 0 Å². The fourth-order valence-electron chi connectivity index (χ4n) is 1.49. The Bertz CT molecular complexity index is 124. The lowest BCUT2D eigenvalue weighted by Gasteiger charge is -2.30. The summed E-state index contributed by atoms with van der Waals surface area (Å²) in [6.07, 6.45) is 1.21. The van der Waals surface area contributed by atoms with Crippen molar-refractivity contribution in [2.75, 3.05) is 46.8 Å². The van der Waals surface area contributed by atoms with E-state index in [1.165, 1.54) is 6.42 Å². The minimum absolute atomic E-state index is 1.12. The summed E-state index contributed by atoms with van der Waals surface area (Å²) in [5, 5.41) is 4.60. The van der Waals surface area contributed by atoms with Gasteiger partial charge in [0.1, 0.15) is 0 Å². The number of likely N-dealkylation sites (N-methyl/N-ethyl adjacent to an activating group) is 2. The van der Waals surface area contributed by atoms with Crippen molar-refractivity contribution in [2.24, 2.45) is 0 Å². The summed E-state index contributed by atoms with van der Waals surface area (Å²) in [4.78, 5) is 2.45. The van der Waals surface area contributed by atoms with Crippen LogP contribution in [0.25, 0.3) is 0 Å². The van der Waals surface area contributed by atoms with Crippen LogP contribution in [0.1, 0.15) is 27.2 Å². The predicted molar refractivity (Wildman–Crippen MR) is 63.3 cm³/mol. The largest absolute Gasteiger partial charge is 0.303 e. The molecular formula is C11H27N3. The van der Waals surface area contributed by atoms with Crippen molar-refractivity contribution in [2.45, 2.75) is 27.2 Å². The second-order valence-corrected chi connectivity index (χ2v) is 3.79. The van der Waals surface area contributed by atoms with E-state index >= 15 is 0 Å². The standard InChI is InChI=1S/C11H27N3/c1-6-9-12(4)13(5)10-11-14(7-2)8-3/h6-11H2,1-5H3. The normalized spacial score (nSPS) is 12.0. The fourth-order valence-corrected chi connectivity index (χ4v) is 1.49. The third-order valence-corrected chi connectivity index (χ3v) is 2.76. The van der Waals surface area contributed by atoms with E-state index in [4.69, 9.17) is 0 Å². The Morgan fingerprint density at radius 1 is 0.714 bits per heavy atom. The van der Waals surface area contributed by atoms with Gasteiger partial charge >= 0.3 is 0 Å². The van der Waals surface area contributed by atoms with Gasteiger partial charge in [-0.2, -0.15) is 0 Å². The summed E-state index contributed by atoms with van der Waals surface area (Å²) in [5.41, 5.74) is 0. The first-order valence-electron chi connectivity index (χ1n) is 5.80. The molecule has 0 rings (SSSR count). The highest BCUT2D eigenvalue weighted by Crippen LogP contribution is 1.94. The van der Waals surface area contributed by atoms with E-state index in [2.05, 4.69) is 49.8 Å². The van der Waals surface area contributed by atoms with Gasteiger partial charge in [-0.15, -0.1) is 0 Å². The van der Waals surface area contributed by atoms with Gasteiger partial charge in [-0.05, 0) is 19.5 Å². The van der Waals surface area contributed by atoms with E-state index in [-0.39, 0.29) is 0 Å². The molecule has 0 aliphatic rings. The van der Waals surface area contributed by atoms with E-state index in [1.54, 1.807) is 0 Å². The molecule has 0 saturated heterocycles. The maximum absolute atomic E-state index is 2.45. The maximum atomic E-state index is 2.45. The van der Waals surface area contributed by atoms with Crippen LogP contribution in [0.2, 0.25) is 0 Å². The van der Waals surface area contributed by atoms with Crippen LogP contribution in [-0.4, -0.2) is 61.7 Å². The molecule has 0 heterocycles. The van der Waals surface area contributed by atoms with Crippen molar-refractivity contribution in [3.63, 3.8) is 0 Å². The average molecular weight is 201 g/mol. The van der Waals surface area contributed by atoms with Gasteiger partial charge in [-0.25, -0.2) is 10.0 Å². The zero-order valence-corrected chi connectivity index (χ0v) is 10.6. The molecule has 14 heavy (non-hydrogen) atoms. The summed E-state index contributed by atoms with van der Waals surface area (Å²) in [7, 11) is 4.32. The molecule has 0 fully saturated rings. The molecular weight excluding hydrogens is 174 g/mol. The van der Waals surface area contributed by atoms with E-state index in [0.717, 1.165) is 32.7 Å². The number of nitrogens with zero attached hydrogens (tertiary/aromatic N) is 3. The summed E-state index contributed by atoms with van der Waals surface area (Å²) < 4.78 is 0. The third-order valence-electron chi connectivity index (χ3n) is 2.76. The van der Waals surface area contributed by atoms with Crippen LogP contribution in [0, 0.1) is 0 Å². The quantitative estimate of drug-likeness (QED) is 0.551. The minimum atomic E-state index is 1.12. The molecule has 0 aliphatic carbocycles. The molecule has 0 unspecified atom stereocenters. The maximum Gasteiger partial charge on any atom is 0.0258 e. The number of hydrogen-bond donors (Lipinski definition) is 0. The molecule has 3 nitrogen and oxygen atoms in total. The van der Waals surface area contributed by atoms with E-state index in [9.17, 15) is 0 Å². The molecule has 3 heteroatoms. The predicted octanol–water partition coefficient (Wildman–Crippen LogP) is 1.52. The number of hydrazine groups is 1. The summed E-state index contributed by atoms with van der Waals surface area (Å²) in [5.74, 6) is 0. The van der Waals surface area contributed by atoms with Crippen LogP contribution in [0.4, 0.5) is 0 Å². The van der Waals surface area contributed by atoms with Crippen LogP contribution in [0.15, 0.2) is 0 Å². The Labute approximate surface area is 89.6 Å². The molecule has 0 amide bonds. The summed E-state index contributed by atoms with van der Waals surface area (Å²) in [6, 6.07) is 0. The molecule has 0 radical (unpaired) electrons. The first-order chi connectivity index (χ1) is 6.65. The van der Waals surface area contributed by atoms with Gasteiger partial charge < -0.3 is 4.90 Å². The van der Waals surface area contributed by atoms with Gasteiger partial charge in [0.2, 0.25) is 0 Å². The first kappa shape index (κ1) is 13.9. The Morgan fingerprint density at radius 2 is 1.21 bits per heavy atom. The van der Waals surface area contributed by atoms with Gasteiger partial charge in [-0.3, -0.25) is 0 Å². The lowest BCUT2D eigenvalue weighted by Crippen LogP contribution is -2.42. The zero-order valence-electron chi connectivity index (χ0n) is 10.6. The monoisotopic (exact) mass is 201 g/mol. The third kappa shape index (κ3) is 5.58. The molecule has 0 atom stereocenters. The van der Waals surface area contributed by atoms with E-state index < -0.39 is 0 Å². The average Bonchev–Trinajstić information content (AvgIpc) is 2.19. The van der Waals surface area contributed by atoms with Crippen molar-refractivity contribution < 1.29 is 0 Å². The van der Waals surface area contributed by atoms with Crippen LogP contribution in [-0.2, 0) is 0 Å². The number of rotatable bonds is 8. The second-order valence-electron chi connectivity index (χ2n) is 3.79. The smallest absolute Gasteiger partial charge is 0.0258 e. The van der Waals surface area contributed by atoms with Gasteiger partial charge in [0, 0.05) is 33.7 Å². The summed E-state index contributed by atoms with van der Waals surface area (Å²) in [6.45, 7) is 12.4. The van der Waals surface area contributed by atoms with Crippen LogP contribution >= 0.6 is 0 Å². The van der Waals surface area contributed by atoms with Crippen LogP contribution < -0.4 is 0 Å². The van der Waals surface area contributed by atoms with Crippen molar-refractivity contribution in [3.8, 4) is 0 Å². The fraction of sp³-hybridized carbons (Fsp3) is 1.00. The van der Waals surface area contributed by atoms with Crippen LogP contribution in [0.5, 0.6) is 0 Å². The van der Waals surface area contributed by atoms with E-state index in [0.29, 0.717) is 0 Å². The molecule has 0 aromatic heterocycles. The Balaban J connectivity index is 3.65. The van der Waals surface area contributed by atoms with Gasteiger partial charge in [-0.1, -0.05) is 20.8 Å². The highest BCUT2D eigenvalue weighted by Gasteiger charge is 2.06. The molecule has 86 valence electrons. The SMILES string of the molecule is CCCN(C)N(C)CCN(CC)CC. The highest BCUT2D eigenvalue weighted by atomic mass is 15.6. The molecule has 0 aliphatic heterocycles. The topological polar surface area (TPSA) is 9.72 Å². The molecule has 0 aromatic rings. The van der Waals surface area contributed by atoms with Crippen molar-refractivity contribution in [1.82, 2.24) is 14.9 Å². The first-order valence-corrected chi connectivity index (χ1v) is 5.80. The van der Waals surface area contributed by atoms with Crippen LogP contribution in [0.3, 0.4) is 0 Å². The molecule has 0 bridgehead atoms. The Morgan fingerprint density at radius 3 is 1.64 bits per heavy atom. The second kappa shape index (κ2) is 8.21.